The van der Waals surface area contributed by atoms with Gasteiger partial charge in [-0.05, 0) is 18.2 Å². The van der Waals surface area contributed by atoms with Gasteiger partial charge in [0.2, 0.25) is 5.13 Å². The smallest absolute Gasteiger partial charge is 0.204 e. The van der Waals surface area contributed by atoms with Gasteiger partial charge in [0.1, 0.15) is 0 Å². The van der Waals surface area contributed by atoms with Crippen LogP contribution in [0.4, 0.5) is 5.13 Å². The summed E-state index contributed by atoms with van der Waals surface area (Å²) in [5.74, 6) is 0. The largest absolute Gasteiger partial charge is 0.253 e. The van der Waals surface area contributed by atoms with Crippen molar-refractivity contribution in [2.24, 2.45) is 5.10 Å². The Hall–Kier alpha value is -1.91. The zero-order valence-corrected chi connectivity index (χ0v) is 11.4. The lowest BCUT2D eigenvalue weighted by Crippen LogP contribution is -1.90. The van der Waals surface area contributed by atoms with E-state index < -0.39 is 0 Å². The molecule has 1 N–H and O–H groups in total. The maximum Gasteiger partial charge on any atom is 0.204 e. The van der Waals surface area contributed by atoms with Crippen LogP contribution in [0.2, 0.25) is 5.02 Å². The number of para-hydroxylation sites is 1. The molecule has 1 heterocycles. The first-order chi connectivity index (χ1) is 9.33. The number of fused-ring (bicyclic) bond motifs is 1. The standard InChI is InChI=1S/C14H10ClN3S/c15-11-6-2-1-5-10(11)9-16-18-14-17-12-7-3-4-8-13(12)19-14/h1-9H,(H,17,18). The molecule has 2 aromatic carbocycles. The van der Waals surface area contributed by atoms with E-state index in [1.165, 1.54) is 0 Å². The Kier molecular flexibility index (Phi) is 3.44. The van der Waals surface area contributed by atoms with Gasteiger partial charge in [0.15, 0.2) is 0 Å². The van der Waals surface area contributed by atoms with Gasteiger partial charge >= 0.3 is 0 Å². The van der Waals surface area contributed by atoms with Crippen molar-refractivity contribution >= 4 is 44.5 Å². The molecule has 19 heavy (non-hydrogen) atoms. The number of nitrogens with one attached hydrogen (secondary N) is 1. The van der Waals surface area contributed by atoms with Crippen molar-refractivity contribution < 1.29 is 0 Å². The fraction of sp³-hybridized carbons (Fsp3) is 0. The van der Waals surface area contributed by atoms with E-state index in [0.29, 0.717) is 5.02 Å². The van der Waals surface area contributed by atoms with E-state index >= 15 is 0 Å². The molecular weight excluding hydrogens is 278 g/mol. The van der Waals surface area contributed by atoms with Crippen LogP contribution in [0.3, 0.4) is 0 Å². The molecule has 0 aliphatic heterocycles. The highest BCUT2D eigenvalue weighted by molar-refractivity contribution is 7.22. The predicted octanol–water partition coefficient (Wildman–Crippen LogP) is 4.40. The minimum Gasteiger partial charge on any atom is -0.253 e. The lowest BCUT2D eigenvalue weighted by Gasteiger charge is -1.96. The number of halogens is 1. The van der Waals surface area contributed by atoms with Gasteiger partial charge in [-0.15, -0.1) is 0 Å². The number of hydrogen-bond acceptors (Lipinski definition) is 4. The third kappa shape index (κ3) is 2.75. The van der Waals surface area contributed by atoms with Crippen molar-refractivity contribution in [3.8, 4) is 0 Å². The number of hydrazone groups is 1. The van der Waals surface area contributed by atoms with Gasteiger partial charge < -0.3 is 0 Å². The number of anilines is 1. The van der Waals surface area contributed by atoms with Gasteiger partial charge in [-0.2, -0.15) is 5.10 Å². The number of thiazole rings is 1. The van der Waals surface area contributed by atoms with Crippen LogP contribution in [0.25, 0.3) is 10.2 Å². The van der Waals surface area contributed by atoms with Crippen molar-refractivity contribution in [1.29, 1.82) is 0 Å². The molecule has 0 unspecified atom stereocenters. The molecule has 0 amide bonds. The average Bonchev–Trinajstić information content (AvgIpc) is 2.83. The van der Waals surface area contributed by atoms with Crippen LogP contribution in [-0.2, 0) is 0 Å². The molecule has 0 radical (unpaired) electrons. The van der Waals surface area contributed by atoms with Gasteiger partial charge in [-0.25, -0.2) is 4.98 Å². The SMILES string of the molecule is Clc1ccccc1C=NNc1nc2ccccc2s1. The molecule has 0 spiro atoms. The van der Waals surface area contributed by atoms with Crippen molar-refractivity contribution in [1.82, 2.24) is 4.98 Å². The lowest BCUT2D eigenvalue weighted by atomic mass is 10.2. The minimum atomic E-state index is 0.678. The average molecular weight is 288 g/mol. The molecule has 3 nitrogen and oxygen atoms in total. The summed E-state index contributed by atoms with van der Waals surface area (Å²) in [4.78, 5) is 4.43. The van der Waals surface area contributed by atoms with Crippen LogP contribution in [-0.4, -0.2) is 11.2 Å². The molecule has 94 valence electrons. The fourth-order valence-electron chi connectivity index (χ4n) is 1.66. The van der Waals surface area contributed by atoms with E-state index in [9.17, 15) is 0 Å². The van der Waals surface area contributed by atoms with E-state index in [4.69, 9.17) is 11.6 Å². The zero-order valence-electron chi connectivity index (χ0n) is 9.88. The summed E-state index contributed by atoms with van der Waals surface area (Å²) in [5, 5.41) is 5.60. The Balaban J connectivity index is 1.77. The van der Waals surface area contributed by atoms with Crippen molar-refractivity contribution in [2.45, 2.75) is 0 Å². The summed E-state index contributed by atoms with van der Waals surface area (Å²) in [5.41, 5.74) is 4.78. The van der Waals surface area contributed by atoms with Crippen LogP contribution >= 0.6 is 22.9 Å². The second-order valence-electron chi connectivity index (χ2n) is 3.88. The Bertz CT molecular complexity index is 703. The molecule has 0 aliphatic carbocycles. The summed E-state index contributed by atoms with van der Waals surface area (Å²) in [6, 6.07) is 15.5. The van der Waals surface area contributed by atoms with E-state index in [-0.39, 0.29) is 0 Å². The Labute approximate surface area is 119 Å². The van der Waals surface area contributed by atoms with Gasteiger partial charge in [0, 0.05) is 10.6 Å². The molecule has 3 rings (SSSR count). The van der Waals surface area contributed by atoms with Gasteiger partial charge in [-0.3, -0.25) is 5.43 Å². The normalized spacial score (nSPS) is 11.2. The van der Waals surface area contributed by atoms with Gasteiger partial charge in [0.25, 0.3) is 0 Å². The molecule has 0 saturated carbocycles. The molecule has 3 aromatic rings. The van der Waals surface area contributed by atoms with Crippen molar-refractivity contribution in [3.63, 3.8) is 0 Å². The molecule has 0 atom stereocenters. The summed E-state index contributed by atoms with van der Waals surface area (Å²) in [6.07, 6.45) is 1.69. The summed E-state index contributed by atoms with van der Waals surface area (Å²) in [6.45, 7) is 0. The molecule has 0 bridgehead atoms. The van der Waals surface area contributed by atoms with Crippen LogP contribution in [0.15, 0.2) is 53.6 Å². The zero-order chi connectivity index (χ0) is 13.1. The maximum atomic E-state index is 6.04. The highest BCUT2D eigenvalue weighted by Gasteiger charge is 2.01. The Morgan fingerprint density at radius 3 is 2.74 bits per heavy atom. The molecule has 0 aliphatic rings. The molecule has 0 fully saturated rings. The van der Waals surface area contributed by atoms with Crippen molar-refractivity contribution in [3.05, 3.63) is 59.1 Å². The number of aromatic nitrogens is 1. The Morgan fingerprint density at radius 2 is 1.89 bits per heavy atom. The van der Waals surface area contributed by atoms with Gasteiger partial charge in [-0.1, -0.05) is 53.3 Å². The van der Waals surface area contributed by atoms with E-state index in [2.05, 4.69) is 15.5 Å². The second kappa shape index (κ2) is 5.38. The molecular formula is C14H10ClN3S. The Morgan fingerprint density at radius 1 is 1.11 bits per heavy atom. The van der Waals surface area contributed by atoms with E-state index in [0.717, 1.165) is 20.9 Å². The second-order valence-corrected chi connectivity index (χ2v) is 5.32. The first kappa shape index (κ1) is 12.1. The highest BCUT2D eigenvalue weighted by atomic mass is 35.5. The summed E-state index contributed by atoms with van der Waals surface area (Å²) < 4.78 is 1.14. The van der Waals surface area contributed by atoms with Crippen LogP contribution in [0.5, 0.6) is 0 Å². The third-order valence-electron chi connectivity index (χ3n) is 2.56. The number of hydrogen-bond donors (Lipinski definition) is 1. The predicted molar refractivity (Wildman–Crippen MR) is 82.3 cm³/mol. The number of rotatable bonds is 3. The van der Waals surface area contributed by atoms with E-state index in [1.807, 2.05) is 48.5 Å². The minimum absolute atomic E-state index is 0.678. The summed E-state index contributed by atoms with van der Waals surface area (Å²) >= 11 is 7.61. The topological polar surface area (TPSA) is 37.3 Å². The van der Waals surface area contributed by atoms with Crippen LogP contribution < -0.4 is 5.43 Å². The summed E-state index contributed by atoms with van der Waals surface area (Å²) in [7, 11) is 0. The van der Waals surface area contributed by atoms with E-state index in [1.54, 1.807) is 17.6 Å². The van der Waals surface area contributed by atoms with Gasteiger partial charge in [0.05, 0.1) is 16.4 Å². The van der Waals surface area contributed by atoms with Crippen LogP contribution in [0.1, 0.15) is 5.56 Å². The quantitative estimate of drug-likeness (QED) is 0.573. The fourth-order valence-corrected chi connectivity index (χ4v) is 2.66. The molecule has 1 aromatic heterocycles. The molecule has 0 saturated heterocycles. The monoisotopic (exact) mass is 287 g/mol. The number of nitrogens with zero attached hydrogens (tertiary/aromatic N) is 2. The first-order valence-corrected chi connectivity index (χ1v) is 6.91. The molecule has 5 heteroatoms. The van der Waals surface area contributed by atoms with Crippen LogP contribution in [0, 0.1) is 0 Å². The van der Waals surface area contributed by atoms with Crippen molar-refractivity contribution in [2.75, 3.05) is 5.43 Å². The number of benzene rings is 2. The lowest BCUT2D eigenvalue weighted by molar-refractivity contribution is 1.31. The third-order valence-corrected chi connectivity index (χ3v) is 3.85. The highest BCUT2D eigenvalue weighted by Crippen LogP contribution is 2.25. The first-order valence-electron chi connectivity index (χ1n) is 5.72. The maximum absolute atomic E-state index is 6.04.